The van der Waals surface area contributed by atoms with Crippen LogP contribution in [0.4, 0.5) is 0 Å². The fourth-order valence-electron chi connectivity index (χ4n) is 2.66. The van der Waals surface area contributed by atoms with Gasteiger partial charge in [0.2, 0.25) is 0 Å². The van der Waals surface area contributed by atoms with E-state index >= 15 is 0 Å². The van der Waals surface area contributed by atoms with E-state index in [2.05, 4.69) is 12.2 Å². The predicted octanol–water partition coefficient (Wildman–Crippen LogP) is 1.78. The Morgan fingerprint density at radius 3 is 2.93 bits per heavy atom. The van der Waals surface area contributed by atoms with E-state index in [4.69, 9.17) is 0 Å². The van der Waals surface area contributed by atoms with E-state index in [0.29, 0.717) is 11.3 Å². The topological polar surface area (TPSA) is 32.3 Å². The molecule has 0 aromatic rings. The number of aliphatic hydroxyl groups is 1. The Labute approximate surface area is 90.8 Å². The maximum absolute atomic E-state index is 10.6. The Bertz CT molecular complexity index is 192. The lowest BCUT2D eigenvalue weighted by molar-refractivity contribution is 0.00534. The molecule has 0 saturated carbocycles. The molecule has 14 heavy (non-hydrogen) atoms. The molecule has 0 amide bonds. The van der Waals surface area contributed by atoms with E-state index in [9.17, 15) is 5.11 Å². The lowest BCUT2D eigenvalue weighted by Crippen LogP contribution is -2.53. The van der Waals surface area contributed by atoms with Gasteiger partial charge in [0.15, 0.2) is 0 Å². The first-order chi connectivity index (χ1) is 6.73. The van der Waals surface area contributed by atoms with Gasteiger partial charge < -0.3 is 10.4 Å². The van der Waals surface area contributed by atoms with Gasteiger partial charge in [-0.3, -0.25) is 0 Å². The summed E-state index contributed by atoms with van der Waals surface area (Å²) in [6.07, 6.45) is 5.99. The second kappa shape index (κ2) is 4.42. The Hall–Kier alpha value is 0.270. The molecule has 2 saturated heterocycles. The Morgan fingerprint density at radius 2 is 2.21 bits per heavy atom. The molecule has 2 aliphatic rings. The van der Waals surface area contributed by atoms with Crippen LogP contribution in [0.15, 0.2) is 0 Å². The molecule has 2 rings (SSSR count). The van der Waals surface area contributed by atoms with Gasteiger partial charge in [0.1, 0.15) is 0 Å². The molecule has 2 heterocycles. The van der Waals surface area contributed by atoms with Crippen LogP contribution in [0.25, 0.3) is 0 Å². The van der Waals surface area contributed by atoms with Crippen LogP contribution < -0.4 is 5.32 Å². The van der Waals surface area contributed by atoms with Crippen LogP contribution in [0.3, 0.4) is 0 Å². The fraction of sp³-hybridized carbons (Fsp3) is 1.00. The molecule has 2 aliphatic heterocycles. The van der Waals surface area contributed by atoms with E-state index in [-0.39, 0.29) is 0 Å². The summed E-state index contributed by atoms with van der Waals surface area (Å²) in [7, 11) is 0. The average Bonchev–Trinajstić information content (AvgIpc) is 2.47. The van der Waals surface area contributed by atoms with E-state index in [1.165, 1.54) is 19.3 Å². The number of thioether (sulfide) groups is 1. The molecule has 3 unspecified atom stereocenters. The Balaban J connectivity index is 2.03. The Morgan fingerprint density at radius 1 is 1.36 bits per heavy atom. The maximum atomic E-state index is 10.6. The van der Waals surface area contributed by atoms with E-state index < -0.39 is 5.60 Å². The normalized spacial score (nSPS) is 45.0. The fourth-order valence-corrected chi connectivity index (χ4v) is 4.03. The average molecular weight is 215 g/mol. The smallest absolute Gasteiger partial charge is 0.0922 e. The summed E-state index contributed by atoms with van der Waals surface area (Å²) in [4.78, 5) is 0. The molecule has 3 heteroatoms. The van der Waals surface area contributed by atoms with Crippen molar-refractivity contribution in [2.75, 3.05) is 12.3 Å². The van der Waals surface area contributed by atoms with Gasteiger partial charge >= 0.3 is 0 Å². The number of hydrogen-bond acceptors (Lipinski definition) is 3. The standard InChI is InChI=1S/C11H21NOS/c1-9-11(13,6-8-14-9)10-5-3-2-4-7-12-10/h9-10,12-13H,2-8H2,1H3. The summed E-state index contributed by atoms with van der Waals surface area (Å²) in [5.41, 5.74) is -0.436. The molecule has 0 aliphatic carbocycles. The minimum atomic E-state index is -0.436. The van der Waals surface area contributed by atoms with E-state index in [1.807, 2.05) is 11.8 Å². The Kier molecular flexibility index (Phi) is 3.40. The molecule has 0 radical (unpaired) electrons. The summed E-state index contributed by atoms with van der Waals surface area (Å²) in [5, 5.41) is 14.6. The van der Waals surface area contributed by atoms with Crippen molar-refractivity contribution in [1.82, 2.24) is 5.32 Å². The zero-order valence-electron chi connectivity index (χ0n) is 8.96. The molecule has 2 nitrogen and oxygen atoms in total. The molecule has 0 aromatic heterocycles. The van der Waals surface area contributed by atoms with Crippen LogP contribution in [0.1, 0.15) is 39.0 Å². The quantitative estimate of drug-likeness (QED) is 0.699. The highest BCUT2D eigenvalue weighted by molar-refractivity contribution is 8.00. The van der Waals surface area contributed by atoms with Gasteiger partial charge in [0.05, 0.1) is 5.60 Å². The molecule has 82 valence electrons. The first-order valence-corrected chi connectivity index (χ1v) is 6.86. The maximum Gasteiger partial charge on any atom is 0.0922 e. The number of nitrogens with one attached hydrogen (secondary N) is 1. The van der Waals surface area contributed by atoms with Gasteiger partial charge in [0.25, 0.3) is 0 Å². The predicted molar refractivity (Wildman–Crippen MR) is 61.7 cm³/mol. The van der Waals surface area contributed by atoms with Crippen molar-refractivity contribution in [1.29, 1.82) is 0 Å². The van der Waals surface area contributed by atoms with Gasteiger partial charge in [-0.1, -0.05) is 19.8 Å². The van der Waals surface area contributed by atoms with Crippen molar-refractivity contribution in [2.24, 2.45) is 0 Å². The molecule has 0 aromatic carbocycles. The third kappa shape index (κ3) is 1.95. The lowest BCUT2D eigenvalue weighted by atomic mass is 9.86. The molecular weight excluding hydrogens is 194 g/mol. The summed E-state index contributed by atoms with van der Waals surface area (Å²) in [6, 6.07) is 0.343. The highest BCUT2D eigenvalue weighted by atomic mass is 32.2. The van der Waals surface area contributed by atoms with Gasteiger partial charge in [0, 0.05) is 11.3 Å². The van der Waals surface area contributed by atoms with Gasteiger partial charge in [-0.25, -0.2) is 0 Å². The minimum absolute atomic E-state index is 0.343. The first-order valence-electron chi connectivity index (χ1n) is 5.81. The first kappa shape index (κ1) is 10.8. The zero-order valence-corrected chi connectivity index (χ0v) is 9.78. The van der Waals surface area contributed by atoms with Gasteiger partial charge in [-0.15, -0.1) is 0 Å². The second-order valence-electron chi connectivity index (χ2n) is 4.61. The van der Waals surface area contributed by atoms with Crippen molar-refractivity contribution in [3.05, 3.63) is 0 Å². The molecule has 2 fully saturated rings. The summed E-state index contributed by atoms with van der Waals surface area (Å²) in [6.45, 7) is 3.26. The summed E-state index contributed by atoms with van der Waals surface area (Å²) >= 11 is 1.91. The highest BCUT2D eigenvalue weighted by Gasteiger charge is 2.45. The molecule has 0 spiro atoms. The van der Waals surface area contributed by atoms with Crippen molar-refractivity contribution >= 4 is 11.8 Å². The molecule has 0 bridgehead atoms. The number of rotatable bonds is 1. The van der Waals surface area contributed by atoms with Gasteiger partial charge in [-0.05, 0) is 31.6 Å². The van der Waals surface area contributed by atoms with E-state index in [1.54, 1.807) is 0 Å². The van der Waals surface area contributed by atoms with Gasteiger partial charge in [-0.2, -0.15) is 11.8 Å². The van der Waals surface area contributed by atoms with Crippen molar-refractivity contribution in [3.8, 4) is 0 Å². The van der Waals surface area contributed by atoms with E-state index in [0.717, 1.165) is 25.1 Å². The van der Waals surface area contributed by atoms with Crippen LogP contribution in [-0.4, -0.2) is 34.3 Å². The molecular formula is C11H21NOS. The summed E-state index contributed by atoms with van der Waals surface area (Å²) < 4.78 is 0. The minimum Gasteiger partial charge on any atom is -0.387 e. The van der Waals surface area contributed by atoms with Crippen molar-refractivity contribution in [2.45, 2.75) is 55.9 Å². The van der Waals surface area contributed by atoms with Crippen LogP contribution in [0.5, 0.6) is 0 Å². The van der Waals surface area contributed by atoms with Crippen LogP contribution in [-0.2, 0) is 0 Å². The zero-order chi connectivity index (χ0) is 10.0. The largest absolute Gasteiger partial charge is 0.387 e. The molecule has 2 N–H and O–H groups in total. The number of hydrogen-bond donors (Lipinski definition) is 2. The van der Waals surface area contributed by atoms with Crippen LogP contribution >= 0.6 is 11.8 Å². The lowest BCUT2D eigenvalue weighted by Gasteiger charge is -2.35. The summed E-state index contributed by atoms with van der Waals surface area (Å²) in [5.74, 6) is 1.12. The third-order valence-corrected chi connectivity index (χ3v) is 5.09. The van der Waals surface area contributed by atoms with Crippen LogP contribution in [0.2, 0.25) is 0 Å². The highest BCUT2D eigenvalue weighted by Crippen LogP contribution is 2.39. The van der Waals surface area contributed by atoms with Crippen LogP contribution in [0, 0.1) is 0 Å². The molecule has 3 atom stereocenters. The van der Waals surface area contributed by atoms with Crippen molar-refractivity contribution < 1.29 is 5.11 Å². The SMILES string of the molecule is CC1SCCC1(O)C1CCCCCN1. The second-order valence-corrected chi connectivity index (χ2v) is 6.06. The monoisotopic (exact) mass is 215 g/mol. The van der Waals surface area contributed by atoms with Crippen molar-refractivity contribution in [3.63, 3.8) is 0 Å². The third-order valence-electron chi connectivity index (χ3n) is 3.74.